The number of hydrogen-bond acceptors (Lipinski definition) is 4. The average Bonchev–Trinajstić information content (AvgIpc) is 2.45. The van der Waals surface area contributed by atoms with Gasteiger partial charge in [-0.2, -0.15) is 0 Å². The molecule has 122 valence electrons. The van der Waals surface area contributed by atoms with E-state index in [9.17, 15) is 4.79 Å². The fourth-order valence-corrected chi connectivity index (χ4v) is 1.15. The SMILES string of the molecule is CC.CCOCC(=O)NCCOCCOCCC(C)C. The van der Waals surface area contributed by atoms with E-state index in [1.54, 1.807) is 0 Å². The molecular weight excluding hydrogens is 258 g/mol. The summed E-state index contributed by atoms with van der Waals surface area (Å²) in [6, 6.07) is 0. The molecule has 0 radical (unpaired) electrons. The van der Waals surface area contributed by atoms with E-state index in [4.69, 9.17) is 14.2 Å². The predicted octanol–water partition coefficient (Wildman–Crippen LogP) is 2.24. The molecule has 0 unspecified atom stereocenters. The van der Waals surface area contributed by atoms with Crippen molar-refractivity contribution >= 4 is 5.91 Å². The van der Waals surface area contributed by atoms with Crippen LogP contribution in [0.3, 0.4) is 0 Å². The van der Waals surface area contributed by atoms with Gasteiger partial charge in [-0.3, -0.25) is 4.79 Å². The third-order valence-electron chi connectivity index (χ3n) is 2.22. The number of carbonyl (C=O) groups is 1. The van der Waals surface area contributed by atoms with Crippen LogP contribution in [0.25, 0.3) is 0 Å². The predicted molar refractivity (Wildman–Crippen MR) is 81.9 cm³/mol. The zero-order valence-corrected chi connectivity index (χ0v) is 13.9. The summed E-state index contributed by atoms with van der Waals surface area (Å²) in [5.74, 6) is 0.570. The number of hydrogen-bond donors (Lipinski definition) is 1. The van der Waals surface area contributed by atoms with Crippen molar-refractivity contribution in [3.05, 3.63) is 0 Å². The molecule has 0 heterocycles. The molecule has 5 heteroatoms. The van der Waals surface area contributed by atoms with Crippen LogP contribution in [0.4, 0.5) is 0 Å². The van der Waals surface area contributed by atoms with Gasteiger partial charge in [0.25, 0.3) is 0 Å². The Morgan fingerprint density at radius 3 is 2.15 bits per heavy atom. The van der Waals surface area contributed by atoms with E-state index in [0.717, 1.165) is 13.0 Å². The number of ether oxygens (including phenoxy) is 3. The molecule has 0 aromatic carbocycles. The first-order valence-corrected chi connectivity index (χ1v) is 7.66. The minimum Gasteiger partial charge on any atom is -0.379 e. The highest BCUT2D eigenvalue weighted by Crippen LogP contribution is 1.98. The maximum Gasteiger partial charge on any atom is 0.246 e. The van der Waals surface area contributed by atoms with Crippen molar-refractivity contribution in [3.8, 4) is 0 Å². The molecule has 0 atom stereocenters. The third-order valence-corrected chi connectivity index (χ3v) is 2.22. The van der Waals surface area contributed by atoms with Crippen LogP contribution in [0.5, 0.6) is 0 Å². The topological polar surface area (TPSA) is 56.8 Å². The number of carbonyl (C=O) groups excluding carboxylic acids is 1. The summed E-state index contributed by atoms with van der Waals surface area (Å²) in [6.07, 6.45) is 1.08. The molecule has 1 N–H and O–H groups in total. The highest BCUT2D eigenvalue weighted by Gasteiger charge is 1.99. The zero-order valence-electron chi connectivity index (χ0n) is 13.9. The lowest BCUT2D eigenvalue weighted by Crippen LogP contribution is -2.30. The van der Waals surface area contributed by atoms with Gasteiger partial charge in [-0.05, 0) is 19.3 Å². The minimum absolute atomic E-state index is 0.103. The number of rotatable bonds is 12. The molecule has 0 aromatic rings. The molecule has 0 spiro atoms. The Bertz CT molecular complexity index is 198. The van der Waals surface area contributed by atoms with Crippen molar-refractivity contribution in [1.29, 1.82) is 0 Å². The van der Waals surface area contributed by atoms with Gasteiger partial charge >= 0.3 is 0 Å². The monoisotopic (exact) mass is 291 g/mol. The zero-order chi connectivity index (χ0) is 15.6. The molecule has 0 saturated carbocycles. The number of nitrogens with one attached hydrogen (secondary N) is 1. The molecule has 5 nitrogen and oxygen atoms in total. The van der Waals surface area contributed by atoms with E-state index >= 15 is 0 Å². The molecule has 0 aromatic heterocycles. The van der Waals surface area contributed by atoms with Gasteiger partial charge < -0.3 is 19.5 Å². The molecule has 0 aliphatic carbocycles. The molecule has 20 heavy (non-hydrogen) atoms. The summed E-state index contributed by atoms with van der Waals surface area (Å²) in [7, 11) is 0. The summed E-state index contributed by atoms with van der Waals surface area (Å²) in [4.78, 5) is 11.1. The van der Waals surface area contributed by atoms with Crippen molar-refractivity contribution in [2.45, 2.75) is 41.0 Å². The molecule has 0 aliphatic rings. The smallest absolute Gasteiger partial charge is 0.246 e. The average molecular weight is 291 g/mol. The minimum atomic E-state index is -0.103. The molecule has 0 saturated heterocycles. The summed E-state index contributed by atoms with van der Waals surface area (Å²) in [5, 5.41) is 2.70. The third kappa shape index (κ3) is 19.7. The standard InChI is InChI=1S/C13H27NO4.C2H6/c1-4-16-11-13(15)14-6-8-18-10-9-17-7-5-12(2)3;1-2/h12H,4-11H2,1-3H3,(H,14,15);1-2H3. The van der Waals surface area contributed by atoms with Crippen LogP contribution < -0.4 is 5.32 Å². The van der Waals surface area contributed by atoms with E-state index in [2.05, 4.69) is 19.2 Å². The Morgan fingerprint density at radius 2 is 1.60 bits per heavy atom. The van der Waals surface area contributed by atoms with Crippen molar-refractivity contribution in [1.82, 2.24) is 5.32 Å². The van der Waals surface area contributed by atoms with E-state index in [1.807, 2.05) is 20.8 Å². The summed E-state index contributed by atoms with van der Waals surface area (Å²) >= 11 is 0. The second kappa shape index (κ2) is 18.4. The van der Waals surface area contributed by atoms with Crippen LogP contribution in [-0.4, -0.2) is 52.1 Å². The van der Waals surface area contributed by atoms with E-state index < -0.39 is 0 Å². The van der Waals surface area contributed by atoms with Gasteiger partial charge in [0.15, 0.2) is 0 Å². The van der Waals surface area contributed by atoms with Crippen LogP contribution >= 0.6 is 0 Å². The number of amides is 1. The Kier molecular flexibility index (Phi) is 19.9. The molecule has 0 rings (SSSR count). The van der Waals surface area contributed by atoms with Crippen molar-refractivity contribution in [2.75, 3.05) is 46.2 Å². The van der Waals surface area contributed by atoms with Crippen LogP contribution in [0.15, 0.2) is 0 Å². The molecule has 0 bridgehead atoms. The first-order chi connectivity index (χ1) is 9.66. The maximum absolute atomic E-state index is 11.1. The van der Waals surface area contributed by atoms with Gasteiger partial charge in [-0.1, -0.05) is 27.7 Å². The van der Waals surface area contributed by atoms with Crippen molar-refractivity contribution in [3.63, 3.8) is 0 Å². The fraction of sp³-hybridized carbons (Fsp3) is 0.933. The Morgan fingerprint density at radius 1 is 1.00 bits per heavy atom. The highest BCUT2D eigenvalue weighted by molar-refractivity contribution is 5.77. The van der Waals surface area contributed by atoms with Gasteiger partial charge in [0, 0.05) is 19.8 Å². The Balaban J connectivity index is 0. The molecular formula is C15H33NO4. The van der Waals surface area contributed by atoms with Crippen LogP contribution in [0.1, 0.15) is 41.0 Å². The van der Waals surface area contributed by atoms with Gasteiger partial charge in [0.1, 0.15) is 6.61 Å². The Hall–Kier alpha value is -0.650. The van der Waals surface area contributed by atoms with Gasteiger partial charge in [-0.25, -0.2) is 0 Å². The van der Waals surface area contributed by atoms with Gasteiger partial charge in [-0.15, -0.1) is 0 Å². The molecule has 0 fully saturated rings. The highest BCUT2D eigenvalue weighted by atomic mass is 16.5. The lowest BCUT2D eigenvalue weighted by atomic mass is 10.1. The summed E-state index contributed by atoms with van der Waals surface area (Å²) < 4.78 is 15.7. The Labute approximate surface area is 124 Å². The van der Waals surface area contributed by atoms with Crippen molar-refractivity contribution < 1.29 is 19.0 Å². The fourth-order valence-electron chi connectivity index (χ4n) is 1.15. The van der Waals surface area contributed by atoms with Gasteiger partial charge in [0.2, 0.25) is 5.91 Å². The molecule has 1 amide bonds. The maximum atomic E-state index is 11.1. The van der Waals surface area contributed by atoms with Gasteiger partial charge in [0.05, 0.1) is 19.8 Å². The van der Waals surface area contributed by atoms with E-state index in [1.165, 1.54) is 0 Å². The quantitative estimate of drug-likeness (QED) is 0.560. The lowest BCUT2D eigenvalue weighted by Gasteiger charge is -2.08. The second-order valence-electron chi connectivity index (χ2n) is 4.39. The summed E-state index contributed by atoms with van der Waals surface area (Å²) in [6.45, 7) is 13.9. The van der Waals surface area contributed by atoms with Crippen LogP contribution in [0, 0.1) is 5.92 Å². The summed E-state index contributed by atoms with van der Waals surface area (Å²) in [5.41, 5.74) is 0. The normalized spacial score (nSPS) is 10.1. The first-order valence-electron chi connectivity index (χ1n) is 7.66. The van der Waals surface area contributed by atoms with Crippen LogP contribution in [0.2, 0.25) is 0 Å². The second-order valence-corrected chi connectivity index (χ2v) is 4.39. The van der Waals surface area contributed by atoms with E-state index in [-0.39, 0.29) is 12.5 Å². The lowest BCUT2D eigenvalue weighted by molar-refractivity contribution is -0.125. The van der Waals surface area contributed by atoms with Crippen molar-refractivity contribution in [2.24, 2.45) is 5.92 Å². The van der Waals surface area contributed by atoms with E-state index in [0.29, 0.717) is 38.9 Å². The first kappa shape index (κ1) is 21.6. The molecule has 0 aliphatic heterocycles. The largest absolute Gasteiger partial charge is 0.379 e. The van der Waals surface area contributed by atoms with Crippen LogP contribution in [-0.2, 0) is 19.0 Å².